The number of carbonyl (C=O) groups is 1. The Morgan fingerprint density at radius 2 is 1.95 bits per heavy atom. The predicted molar refractivity (Wildman–Crippen MR) is 81.0 cm³/mol. The number of nitrogens with zero attached hydrogens (tertiary/aromatic N) is 1. The fraction of sp³-hybridized carbons (Fsp3) is 0.500. The molecular formula is C14H18ClNO4S. The summed E-state index contributed by atoms with van der Waals surface area (Å²) in [5.41, 5.74) is 0.953. The highest BCUT2D eigenvalue weighted by Crippen LogP contribution is 2.28. The molecule has 1 aliphatic rings. The van der Waals surface area contributed by atoms with E-state index in [-0.39, 0.29) is 11.9 Å². The maximum Gasteiger partial charge on any atom is 0.314 e. The molecule has 1 saturated heterocycles. The van der Waals surface area contributed by atoms with E-state index in [4.69, 9.17) is 16.3 Å². The van der Waals surface area contributed by atoms with Gasteiger partial charge < -0.3 is 4.74 Å². The van der Waals surface area contributed by atoms with Gasteiger partial charge in [-0.1, -0.05) is 17.7 Å². The number of carbonyl (C=O) groups excluding carboxylic acids is 1. The van der Waals surface area contributed by atoms with Crippen LogP contribution < -0.4 is 4.74 Å². The Morgan fingerprint density at radius 3 is 2.52 bits per heavy atom. The molecule has 1 aliphatic heterocycles. The van der Waals surface area contributed by atoms with Crippen LogP contribution in [0.25, 0.3) is 0 Å². The number of piperidine rings is 1. The summed E-state index contributed by atoms with van der Waals surface area (Å²) in [6.45, 7) is 2.58. The van der Waals surface area contributed by atoms with Crippen LogP contribution in [0.15, 0.2) is 18.2 Å². The van der Waals surface area contributed by atoms with Crippen LogP contribution in [-0.4, -0.2) is 38.0 Å². The molecule has 7 heteroatoms. The molecular weight excluding hydrogens is 314 g/mol. The fourth-order valence-electron chi connectivity index (χ4n) is 2.30. The Kier molecular flexibility index (Phi) is 4.91. The second-order valence-corrected chi connectivity index (χ2v) is 7.68. The van der Waals surface area contributed by atoms with E-state index in [1.807, 2.05) is 13.0 Å². The third-order valence-corrected chi connectivity index (χ3v) is 5.17. The van der Waals surface area contributed by atoms with E-state index in [0.717, 1.165) is 5.56 Å². The topological polar surface area (TPSA) is 63.7 Å². The number of halogens is 1. The molecule has 0 spiro atoms. The molecule has 0 aliphatic carbocycles. The number of benzene rings is 1. The predicted octanol–water partition coefficient (Wildman–Crippen LogP) is 2.23. The van der Waals surface area contributed by atoms with Crippen LogP contribution >= 0.6 is 11.6 Å². The molecule has 1 aromatic carbocycles. The Morgan fingerprint density at radius 1 is 1.33 bits per heavy atom. The molecule has 0 saturated carbocycles. The molecule has 116 valence electrons. The molecule has 0 atom stereocenters. The molecule has 0 bridgehead atoms. The maximum absolute atomic E-state index is 12.1. The van der Waals surface area contributed by atoms with Gasteiger partial charge in [0.2, 0.25) is 10.0 Å². The lowest BCUT2D eigenvalue weighted by Crippen LogP contribution is -2.40. The first-order valence-electron chi connectivity index (χ1n) is 6.70. The van der Waals surface area contributed by atoms with Gasteiger partial charge in [0.1, 0.15) is 5.75 Å². The number of ether oxygens (including phenoxy) is 1. The lowest BCUT2D eigenvalue weighted by atomic mass is 9.98. The zero-order chi connectivity index (χ0) is 15.6. The van der Waals surface area contributed by atoms with Crippen molar-refractivity contribution in [3.05, 3.63) is 28.8 Å². The molecule has 0 radical (unpaired) electrons. The zero-order valence-corrected chi connectivity index (χ0v) is 13.6. The second kappa shape index (κ2) is 6.34. The number of aryl methyl sites for hydroxylation is 1. The average molecular weight is 332 g/mol. The van der Waals surface area contributed by atoms with Gasteiger partial charge >= 0.3 is 5.97 Å². The fourth-order valence-corrected chi connectivity index (χ4v) is 3.33. The van der Waals surface area contributed by atoms with Crippen LogP contribution in [0.1, 0.15) is 18.4 Å². The van der Waals surface area contributed by atoms with Gasteiger partial charge in [-0.2, -0.15) is 0 Å². The van der Waals surface area contributed by atoms with Gasteiger partial charge in [0.25, 0.3) is 0 Å². The van der Waals surface area contributed by atoms with Gasteiger partial charge in [0.05, 0.1) is 17.2 Å². The van der Waals surface area contributed by atoms with Crippen molar-refractivity contribution in [2.45, 2.75) is 19.8 Å². The minimum Gasteiger partial charge on any atom is -0.425 e. The van der Waals surface area contributed by atoms with Gasteiger partial charge in [-0.05, 0) is 37.5 Å². The molecule has 21 heavy (non-hydrogen) atoms. The van der Waals surface area contributed by atoms with Crippen LogP contribution in [0, 0.1) is 12.8 Å². The maximum atomic E-state index is 12.1. The van der Waals surface area contributed by atoms with E-state index < -0.39 is 10.0 Å². The second-order valence-electron chi connectivity index (χ2n) is 5.29. The summed E-state index contributed by atoms with van der Waals surface area (Å²) in [6.07, 6.45) is 2.11. The quantitative estimate of drug-likeness (QED) is 0.629. The van der Waals surface area contributed by atoms with Crippen molar-refractivity contribution < 1.29 is 17.9 Å². The van der Waals surface area contributed by atoms with E-state index in [1.54, 1.807) is 12.1 Å². The van der Waals surface area contributed by atoms with Crippen molar-refractivity contribution in [2.24, 2.45) is 5.92 Å². The SMILES string of the molecule is Cc1ccc(Cl)c(OC(=O)C2CCN(S(C)(=O)=O)CC2)c1. The molecule has 1 aromatic rings. The molecule has 0 N–H and O–H groups in total. The Bertz CT molecular complexity index is 636. The molecule has 0 aromatic heterocycles. The summed E-state index contributed by atoms with van der Waals surface area (Å²) >= 11 is 6.00. The van der Waals surface area contributed by atoms with Crippen molar-refractivity contribution >= 4 is 27.6 Å². The van der Waals surface area contributed by atoms with Crippen LogP contribution in [0.2, 0.25) is 5.02 Å². The molecule has 2 rings (SSSR count). The van der Waals surface area contributed by atoms with Gasteiger partial charge in [-0.15, -0.1) is 0 Å². The summed E-state index contributed by atoms with van der Waals surface area (Å²) in [6, 6.07) is 5.24. The highest BCUT2D eigenvalue weighted by atomic mass is 35.5. The highest BCUT2D eigenvalue weighted by molar-refractivity contribution is 7.88. The Labute approximate surface area is 129 Å². The van der Waals surface area contributed by atoms with E-state index in [9.17, 15) is 13.2 Å². The molecule has 5 nitrogen and oxygen atoms in total. The summed E-state index contributed by atoms with van der Waals surface area (Å²) in [5.74, 6) is -0.289. The first-order valence-corrected chi connectivity index (χ1v) is 8.93. The van der Waals surface area contributed by atoms with Gasteiger partial charge in [-0.3, -0.25) is 4.79 Å². The van der Waals surface area contributed by atoms with E-state index in [2.05, 4.69) is 0 Å². The summed E-state index contributed by atoms with van der Waals surface area (Å²) in [7, 11) is -3.19. The van der Waals surface area contributed by atoms with Gasteiger partial charge in [0.15, 0.2) is 0 Å². The molecule has 0 amide bonds. The monoisotopic (exact) mass is 331 g/mol. The Balaban J connectivity index is 1.98. The minimum atomic E-state index is -3.19. The lowest BCUT2D eigenvalue weighted by molar-refractivity contribution is -0.140. The van der Waals surface area contributed by atoms with Gasteiger partial charge in [-0.25, -0.2) is 12.7 Å². The summed E-state index contributed by atoms with van der Waals surface area (Å²) in [5, 5.41) is 0.391. The average Bonchev–Trinajstić information content (AvgIpc) is 2.42. The normalized spacial score (nSPS) is 17.7. The number of esters is 1. The largest absolute Gasteiger partial charge is 0.425 e. The standard InChI is InChI=1S/C14H18ClNO4S/c1-10-3-4-12(15)13(9-10)20-14(17)11-5-7-16(8-6-11)21(2,18)19/h3-4,9,11H,5-8H2,1-2H3. The van der Waals surface area contributed by atoms with E-state index in [1.165, 1.54) is 10.6 Å². The minimum absolute atomic E-state index is 0.292. The number of hydrogen-bond acceptors (Lipinski definition) is 4. The van der Waals surface area contributed by atoms with Crippen LogP contribution in [0.4, 0.5) is 0 Å². The van der Waals surface area contributed by atoms with Crippen LogP contribution in [0.3, 0.4) is 0 Å². The third kappa shape index (κ3) is 4.18. The summed E-state index contributed by atoms with van der Waals surface area (Å²) < 4.78 is 29.6. The van der Waals surface area contributed by atoms with Crippen molar-refractivity contribution in [3.8, 4) is 5.75 Å². The molecule has 1 fully saturated rings. The smallest absolute Gasteiger partial charge is 0.314 e. The van der Waals surface area contributed by atoms with E-state index >= 15 is 0 Å². The lowest BCUT2D eigenvalue weighted by Gasteiger charge is -2.28. The van der Waals surface area contributed by atoms with E-state index in [0.29, 0.717) is 36.7 Å². The number of hydrogen-bond donors (Lipinski definition) is 0. The number of rotatable bonds is 3. The van der Waals surface area contributed by atoms with Crippen molar-refractivity contribution in [1.82, 2.24) is 4.31 Å². The zero-order valence-electron chi connectivity index (χ0n) is 12.0. The van der Waals surface area contributed by atoms with Crippen molar-refractivity contribution in [3.63, 3.8) is 0 Å². The highest BCUT2D eigenvalue weighted by Gasteiger charge is 2.30. The Hall–Kier alpha value is -1.11. The third-order valence-electron chi connectivity index (χ3n) is 3.55. The van der Waals surface area contributed by atoms with Crippen molar-refractivity contribution in [1.29, 1.82) is 0 Å². The molecule has 1 heterocycles. The summed E-state index contributed by atoms with van der Waals surface area (Å²) in [4.78, 5) is 12.1. The molecule has 0 unspecified atom stereocenters. The number of sulfonamides is 1. The van der Waals surface area contributed by atoms with Crippen LogP contribution in [-0.2, 0) is 14.8 Å². The first kappa shape index (κ1) is 16.3. The van der Waals surface area contributed by atoms with Crippen LogP contribution in [0.5, 0.6) is 5.75 Å². The van der Waals surface area contributed by atoms with Crippen molar-refractivity contribution in [2.75, 3.05) is 19.3 Å². The first-order chi connectivity index (χ1) is 9.77. The van der Waals surface area contributed by atoms with Gasteiger partial charge in [0, 0.05) is 13.1 Å².